The number of nitrogen functional groups attached to an aromatic ring is 1. The zero-order valence-electron chi connectivity index (χ0n) is 10.4. The van der Waals surface area contributed by atoms with Crippen LogP contribution in [-0.2, 0) is 4.79 Å². The number of amides is 1. The van der Waals surface area contributed by atoms with E-state index in [9.17, 15) is 9.18 Å². The van der Waals surface area contributed by atoms with Gasteiger partial charge in [0.15, 0.2) is 0 Å². The minimum absolute atomic E-state index is 0.168. The Hall–Kier alpha value is -1.72. The molecule has 0 radical (unpaired) electrons. The predicted molar refractivity (Wildman–Crippen MR) is 81.6 cm³/mol. The number of benzene rings is 2. The van der Waals surface area contributed by atoms with Crippen molar-refractivity contribution >= 4 is 40.6 Å². The van der Waals surface area contributed by atoms with Crippen LogP contribution in [0.25, 0.3) is 0 Å². The van der Waals surface area contributed by atoms with Gasteiger partial charge in [-0.25, -0.2) is 4.39 Å². The topological polar surface area (TPSA) is 55.1 Å². The van der Waals surface area contributed by atoms with Crippen LogP contribution in [0.3, 0.4) is 0 Å². The Kier molecular flexibility index (Phi) is 4.87. The SMILES string of the molecule is Nc1cc(F)ccc1SCC(=O)Nc1ccccc1Cl. The van der Waals surface area contributed by atoms with E-state index >= 15 is 0 Å². The van der Waals surface area contributed by atoms with Crippen molar-refractivity contribution in [1.29, 1.82) is 0 Å². The predicted octanol–water partition coefficient (Wildman–Crippen LogP) is 3.79. The van der Waals surface area contributed by atoms with Crippen molar-refractivity contribution in [3.63, 3.8) is 0 Å². The summed E-state index contributed by atoms with van der Waals surface area (Å²) in [6.07, 6.45) is 0. The Balaban J connectivity index is 1.94. The second-order valence-electron chi connectivity index (χ2n) is 4.00. The normalized spacial score (nSPS) is 10.3. The molecule has 0 heterocycles. The van der Waals surface area contributed by atoms with Crippen LogP contribution < -0.4 is 11.1 Å². The minimum atomic E-state index is -0.396. The molecule has 20 heavy (non-hydrogen) atoms. The number of carbonyl (C=O) groups excluding carboxylic acids is 1. The second-order valence-corrected chi connectivity index (χ2v) is 5.42. The van der Waals surface area contributed by atoms with Crippen molar-refractivity contribution in [2.24, 2.45) is 0 Å². The molecule has 0 aliphatic heterocycles. The monoisotopic (exact) mass is 310 g/mol. The summed E-state index contributed by atoms with van der Waals surface area (Å²) >= 11 is 7.19. The number of hydrogen-bond acceptors (Lipinski definition) is 3. The highest BCUT2D eigenvalue weighted by Crippen LogP contribution is 2.26. The van der Waals surface area contributed by atoms with Crippen LogP contribution in [0.2, 0.25) is 5.02 Å². The molecule has 0 fully saturated rings. The molecule has 0 aliphatic rings. The van der Waals surface area contributed by atoms with Gasteiger partial charge in [-0.05, 0) is 30.3 Å². The van der Waals surface area contributed by atoms with Gasteiger partial charge in [0.2, 0.25) is 5.91 Å². The molecule has 0 aromatic heterocycles. The van der Waals surface area contributed by atoms with Crippen LogP contribution in [0.4, 0.5) is 15.8 Å². The smallest absolute Gasteiger partial charge is 0.234 e. The first-order chi connectivity index (χ1) is 9.56. The lowest BCUT2D eigenvalue weighted by atomic mass is 10.3. The highest BCUT2D eigenvalue weighted by atomic mass is 35.5. The molecule has 0 unspecified atom stereocenters. The Bertz CT molecular complexity index is 636. The van der Waals surface area contributed by atoms with Crippen molar-refractivity contribution < 1.29 is 9.18 Å². The Labute approximate surface area is 125 Å². The molecule has 0 spiro atoms. The third-order valence-corrected chi connectivity index (χ3v) is 3.90. The molecule has 3 N–H and O–H groups in total. The van der Waals surface area contributed by atoms with Crippen LogP contribution in [0.1, 0.15) is 0 Å². The van der Waals surface area contributed by atoms with Gasteiger partial charge in [-0.2, -0.15) is 0 Å². The summed E-state index contributed by atoms with van der Waals surface area (Å²) in [7, 11) is 0. The van der Waals surface area contributed by atoms with E-state index in [1.165, 1.54) is 23.9 Å². The minimum Gasteiger partial charge on any atom is -0.398 e. The van der Waals surface area contributed by atoms with Gasteiger partial charge in [-0.15, -0.1) is 11.8 Å². The number of nitrogens with one attached hydrogen (secondary N) is 1. The summed E-state index contributed by atoms with van der Waals surface area (Å²) < 4.78 is 12.9. The van der Waals surface area contributed by atoms with Gasteiger partial charge < -0.3 is 11.1 Å². The molecule has 0 aliphatic carbocycles. The van der Waals surface area contributed by atoms with Crippen LogP contribution in [0.15, 0.2) is 47.4 Å². The number of anilines is 2. The van der Waals surface area contributed by atoms with Gasteiger partial charge in [0, 0.05) is 10.6 Å². The van der Waals surface area contributed by atoms with Crippen LogP contribution >= 0.6 is 23.4 Å². The Morgan fingerprint density at radius 2 is 2.05 bits per heavy atom. The van der Waals surface area contributed by atoms with Gasteiger partial charge in [0.1, 0.15) is 5.82 Å². The first-order valence-corrected chi connectivity index (χ1v) is 7.15. The van der Waals surface area contributed by atoms with Crippen molar-refractivity contribution in [3.8, 4) is 0 Å². The van der Waals surface area contributed by atoms with E-state index in [4.69, 9.17) is 17.3 Å². The number of nitrogens with two attached hydrogens (primary N) is 1. The Morgan fingerprint density at radius 3 is 2.75 bits per heavy atom. The van der Waals surface area contributed by atoms with E-state index in [-0.39, 0.29) is 11.7 Å². The summed E-state index contributed by atoms with van der Waals surface area (Å²) in [5.41, 5.74) is 6.55. The summed E-state index contributed by atoms with van der Waals surface area (Å²) in [5.74, 6) is -0.430. The van der Waals surface area contributed by atoms with E-state index in [1.807, 2.05) is 0 Å². The molecule has 0 saturated heterocycles. The van der Waals surface area contributed by atoms with E-state index in [0.717, 1.165) is 0 Å². The maximum absolute atomic E-state index is 12.9. The van der Waals surface area contributed by atoms with Crippen LogP contribution in [0.5, 0.6) is 0 Å². The van der Waals surface area contributed by atoms with Gasteiger partial charge >= 0.3 is 0 Å². The summed E-state index contributed by atoms with van der Waals surface area (Å²) in [4.78, 5) is 12.5. The highest BCUT2D eigenvalue weighted by Gasteiger charge is 2.08. The highest BCUT2D eigenvalue weighted by molar-refractivity contribution is 8.00. The fraction of sp³-hybridized carbons (Fsp3) is 0.0714. The molecule has 2 aromatic rings. The van der Waals surface area contributed by atoms with Gasteiger partial charge in [0.05, 0.1) is 16.5 Å². The largest absolute Gasteiger partial charge is 0.398 e. The molecule has 3 nitrogen and oxygen atoms in total. The van der Waals surface area contributed by atoms with E-state index in [0.29, 0.717) is 21.3 Å². The second kappa shape index (κ2) is 6.63. The van der Waals surface area contributed by atoms with Crippen molar-refractivity contribution in [2.75, 3.05) is 16.8 Å². The third kappa shape index (κ3) is 3.88. The average molecular weight is 311 g/mol. The van der Waals surface area contributed by atoms with E-state index in [2.05, 4.69) is 5.32 Å². The maximum Gasteiger partial charge on any atom is 0.234 e. The molecule has 2 aromatic carbocycles. The Morgan fingerprint density at radius 1 is 1.30 bits per heavy atom. The number of halogens is 2. The molecule has 2 rings (SSSR count). The summed E-state index contributed by atoms with van der Waals surface area (Å²) in [6, 6.07) is 11.1. The first-order valence-electron chi connectivity index (χ1n) is 5.78. The van der Waals surface area contributed by atoms with Crippen LogP contribution in [-0.4, -0.2) is 11.7 Å². The number of thioether (sulfide) groups is 1. The molecular weight excluding hydrogens is 299 g/mol. The fourth-order valence-electron chi connectivity index (χ4n) is 1.54. The van der Waals surface area contributed by atoms with E-state index < -0.39 is 5.82 Å². The number of hydrogen-bond donors (Lipinski definition) is 2. The molecule has 0 saturated carbocycles. The van der Waals surface area contributed by atoms with Gasteiger partial charge in [0.25, 0.3) is 0 Å². The maximum atomic E-state index is 12.9. The quantitative estimate of drug-likeness (QED) is 0.667. The fourth-order valence-corrected chi connectivity index (χ4v) is 2.47. The number of rotatable bonds is 4. The third-order valence-electron chi connectivity index (χ3n) is 2.48. The summed E-state index contributed by atoms with van der Waals surface area (Å²) in [6.45, 7) is 0. The van der Waals surface area contributed by atoms with Crippen molar-refractivity contribution in [1.82, 2.24) is 0 Å². The zero-order valence-corrected chi connectivity index (χ0v) is 12.0. The molecule has 0 bridgehead atoms. The average Bonchev–Trinajstić information content (AvgIpc) is 2.40. The summed E-state index contributed by atoms with van der Waals surface area (Å²) in [5, 5.41) is 3.18. The molecular formula is C14H12ClFN2OS. The number of carbonyl (C=O) groups is 1. The van der Waals surface area contributed by atoms with Gasteiger partial charge in [-0.3, -0.25) is 4.79 Å². The zero-order chi connectivity index (χ0) is 14.5. The molecule has 1 amide bonds. The van der Waals surface area contributed by atoms with Crippen molar-refractivity contribution in [2.45, 2.75) is 4.90 Å². The lowest BCUT2D eigenvalue weighted by Crippen LogP contribution is -2.14. The number of para-hydroxylation sites is 1. The lowest BCUT2D eigenvalue weighted by molar-refractivity contribution is -0.113. The van der Waals surface area contributed by atoms with Crippen molar-refractivity contribution in [3.05, 3.63) is 53.3 Å². The van der Waals surface area contributed by atoms with Crippen LogP contribution in [0, 0.1) is 5.82 Å². The van der Waals surface area contributed by atoms with E-state index in [1.54, 1.807) is 30.3 Å². The standard InChI is InChI=1S/C14H12ClFN2OS/c15-10-3-1-2-4-12(10)18-14(19)8-20-13-6-5-9(16)7-11(13)17/h1-7H,8,17H2,(H,18,19). The molecule has 6 heteroatoms. The van der Waals surface area contributed by atoms with Gasteiger partial charge in [-0.1, -0.05) is 23.7 Å². The lowest BCUT2D eigenvalue weighted by Gasteiger charge is -2.08. The first kappa shape index (κ1) is 14.7. The molecule has 0 atom stereocenters. The molecule has 104 valence electrons.